The summed E-state index contributed by atoms with van der Waals surface area (Å²) in [6, 6.07) is 5.70. The molecule has 0 radical (unpaired) electrons. The maximum absolute atomic E-state index is 12.1. The number of benzene rings is 1. The zero-order valence-electron chi connectivity index (χ0n) is 11.5. The molecule has 5 heteroatoms. The van der Waals surface area contributed by atoms with Gasteiger partial charge >= 0.3 is 0 Å². The van der Waals surface area contributed by atoms with Crippen molar-refractivity contribution in [3.63, 3.8) is 0 Å². The lowest BCUT2D eigenvalue weighted by molar-refractivity contribution is 0.0827. The van der Waals surface area contributed by atoms with Crippen LogP contribution in [0.1, 0.15) is 23.2 Å². The molecule has 5 nitrogen and oxygen atoms in total. The number of amides is 1. The Balaban J connectivity index is 2.21. The topological polar surface area (TPSA) is 67.6 Å². The lowest BCUT2D eigenvalue weighted by Gasteiger charge is -2.26. The molecule has 0 unspecified atom stereocenters. The van der Waals surface area contributed by atoms with Crippen molar-refractivity contribution in [2.24, 2.45) is 0 Å². The van der Waals surface area contributed by atoms with Gasteiger partial charge in [0.15, 0.2) is 0 Å². The number of carbonyl (C=O) groups excluding carboxylic acids is 1. The highest BCUT2D eigenvalue weighted by atomic mass is 16.5. The number of carbonyl (C=O) groups is 1. The van der Waals surface area contributed by atoms with Crippen molar-refractivity contribution in [3.8, 4) is 0 Å². The number of nitrogen functional groups attached to an aromatic ring is 1. The molecular weight excluding hydrogens is 242 g/mol. The Bertz CT molecular complexity index is 454. The monoisotopic (exact) mass is 263 g/mol. The summed E-state index contributed by atoms with van der Waals surface area (Å²) in [7, 11) is 3.49. The van der Waals surface area contributed by atoms with Crippen LogP contribution in [0, 0.1) is 0 Å². The highest BCUT2D eigenvalue weighted by Gasteiger charge is 2.18. The number of ether oxygens (including phenoxy) is 1. The molecule has 104 valence electrons. The Morgan fingerprint density at radius 1 is 1.37 bits per heavy atom. The van der Waals surface area contributed by atoms with Crippen molar-refractivity contribution in [1.82, 2.24) is 4.90 Å². The summed E-state index contributed by atoms with van der Waals surface area (Å²) in [6.45, 7) is 1.52. The fourth-order valence-corrected chi connectivity index (χ4v) is 2.17. The first-order valence-electron chi connectivity index (χ1n) is 6.53. The Morgan fingerprint density at radius 3 is 2.68 bits per heavy atom. The summed E-state index contributed by atoms with van der Waals surface area (Å²) >= 11 is 0. The van der Waals surface area contributed by atoms with Crippen LogP contribution in [-0.2, 0) is 4.74 Å². The quantitative estimate of drug-likeness (QED) is 0.812. The molecule has 2 rings (SSSR count). The normalized spacial score (nSPS) is 16.1. The van der Waals surface area contributed by atoms with Gasteiger partial charge in [0.25, 0.3) is 5.91 Å². The van der Waals surface area contributed by atoms with Crippen LogP contribution in [0.5, 0.6) is 0 Å². The fourth-order valence-electron chi connectivity index (χ4n) is 2.17. The van der Waals surface area contributed by atoms with Crippen molar-refractivity contribution < 1.29 is 9.53 Å². The van der Waals surface area contributed by atoms with Crippen LogP contribution in [0.25, 0.3) is 0 Å². The first kappa shape index (κ1) is 13.7. The number of nitrogens with two attached hydrogens (primary N) is 1. The minimum absolute atomic E-state index is 0.0189. The SMILES string of the molecule is CN(C)C(=O)c1ccc(N)cc1NC1CCOCC1. The van der Waals surface area contributed by atoms with Crippen LogP contribution >= 0.6 is 0 Å². The number of nitrogens with one attached hydrogen (secondary N) is 1. The second kappa shape index (κ2) is 5.93. The average Bonchev–Trinajstić information content (AvgIpc) is 2.39. The molecule has 1 aromatic carbocycles. The Kier molecular flexibility index (Phi) is 4.27. The standard InChI is InChI=1S/C14H21N3O2/c1-17(2)14(18)12-4-3-10(15)9-13(12)16-11-5-7-19-8-6-11/h3-4,9,11,16H,5-8,15H2,1-2H3. The van der Waals surface area contributed by atoms with Gasteiger partial charge in [0, 0.05) is 44.7 Å². The van der Waals surface area contributed by atoms with Crippen molar-refractivity contribution in [2.45, 2.75) is 18.9 Å². The smallest absolute Gasteiger partial charge is 0.255 e. The summed E-state index contributed by atoms with van der Waals surface area (Å²) in [4.78, 5) is 13.7. The number of hydrogen-bond donors (Lipinski definition) is 2. The third-order valence-corrected chi connectivity index (χ3v) is 3.26. The summed E-state index contributed by atoms with van der Waals surface area (Å²) in [5.41, 5.74) is 7.95. The summed E-state index contributed by atoms with van der Waals surface area (Å²) < 4.78 is 5.34. The van der Waals surface area contributed by atoms with E-state index in [1.54, 1.807) is 31.1 Å². The molecule has 1 aliphatic heterocycles. The van der Waals surface area contributed by atoms with E-state index in [1.807, 2.05) is 6.07 Å². The number of anilines is 2. The maximum atomic E-state index is 12.1. The predicted molar refractivity (Wildman–Crippen MR) is 76.3 cm³/mol. The molecule has 0 saturated carbocycles. The minimum Gasteiger partial charge on any atom is -0.399 e. The molecule has 0 bridgehead atoms. The Morgan fingerprint density at radius 2 is 2.05 bits per heavy atom. The molecule has 0 aliphatic carbocycles. The number of hydrogen-bond acceptors (Lipinski definition) is 4. The molecule has 1 aliphatic rings. The Hall–Kier alpha value is -1.75. The first-order valence-corrected chi connectivity index (χ1v) is 6.53. The van der Waals surface area contributed by atoms with Crippen LogP contribution in [0.15, 0.2) is 18.2 Å². The zero-order valence-corrected chi connectivity index (χ0v) is 11.5. The molecule has 1 saturated heterocycles. The van der Waals surface area contributed by atoms with Gasteiger partial charge in [-0.1, -0.05) is 0 Å². The lowest BCUT2D eigenvalue weighted by atomic mass is 10.1. The van der Waals surface area contributed by atoms with Gasteiger partial charge < -0.3 is 20.7 Å². The largest absolute Gasteiger partial charge is 0.399 e. The van der Waals surface area contributed by atoms with Crippen LogP contribution in [-0.4, -0.2) is 44.2 Å². The van der Waals surface area contributed by atoms with Crippen molar-refractivity contribution in [3.05, 3.63) is 23.8 Å². The molecule has 0 aromatic heterocycles. The average molecular weight is 263 g/mol. The zero-order chi connectivity index (χ0) is 13.8. The van der Waals surface area contributed by atoms with Crippen LogP contribution in [0.4, 0.5) is 11.4 Å². The van der Waals surface area contributed by atoms with E-state index in [9.17, 15) is 4.79 Å². The maximum Gasteiger partial charge on any atom is 0.255 e. The predicted octanol–water partition coefficient (Wildman–Crippen LogP) is 1.56. The van der Waals surface area contributed by atoms with E-state index < -0.39 is 0 Å². The highest BCUT2D eigenvalue weighted by molar-refractivity contribution is 6.00. The summed E-state index contributed by atoms with van der Waals surface area (Å²) in [5, 5.41) is 3.42. The van der Waals surface area contributed by atoms with Crippen molar-refractivity contribution in [2.75, 3.05) is 38.4 Å². The van der Waals surface area contributed by atoms with Gasteiger partial charge in [-0.25, -0.2) is 0 Å². The fraction of sp³-hybridized carbons (Fsp3) is 0.500. The first-order chi connectivity index (χ1) is 9.08. The molecule has 0 atom stereocenters. The van der Waals surface area contributed by atoms with E-state index in [0.717, 1.165) is 31.7 Å². The highest BCUT2D eigenvalue weighted by Crippen LogP contribution is 2.23. The minimum atomic E-state index is -0.0189. The molecule has 1 fully saturated rings. The van der Waals surface area contributed by atoms with Gasteiger partial charge in [-0.15, -0.1) is 0 Å². The van der Waals surface area contributed by atoms with E-state index in [2.05, 4.69) is 5.32 Å². The van der Waals surface area contributed by atoms with Gasteiger partial charge in [-0.3, -0.25) is 4.79 Å². The molecule has 0 spiro atoms. The third-order valence-electron chi connectivity index (χ3n) is 3.26. The van der Waals surface area contributed by atoms with Gasteiger partial charge in [-0.05, 0) is 31.0 Å². The van der Waals surface area contributed by atoms with E-state index in [-0.39, 0.29) is 5.91 Å². The number of rotatable bonds is 3. The lowest BCUT2D eigenvalue weighted by Crippen LogP contribution is -2.30. The molecule has 19 heavy (non-hydrogen) atoms. The van der Waals surface area contributed by atoms with E-state index >= 15 is 0 Å². The van der Waals surface area contributed by atoms with Crippen molar-refractivity contribution >= 4 is 17.3 Å². The molecule has 1 heterocycles. The summed E-state index contributed by atoms with van der Waals surface area (Å²) in [5.74, 6) is -0.0189. The van der Waals surface area contributed by atoms with Gasteiger partial charge in [0.1, 0.15) is 0 Å². The van der Waals surface area contributed by atoms with Crippen molar-refractivity contribution in [1.29, 1.82) is 0 Å². The van der Waals surface area contributed by atoms with Crippen LogP contribution in [0.3, 0.4) is 0 Å². The van der Waals surface area contributed by atoms with E-state index in [0.29, 0.717) is 17.3 Å². The number of nitrogens with zero attached hydrogens (tertiary/aromatic N) is 1. The van der Waals surface area contributed by atoms with Gasteiger partial charge in [0.2, 0.25) is 0 Å². The molecular formula is C14H21N3O2. The van der Waals surface area contributed by atoms with E-state index in [1.165, 1.54) is 0 Å². The van der Waals surface area contributed by atoms with Crippen LogP contribution < -0.4 is 11.1 Å². The van der Waals surface area contributed by atoms with Gasteiger partial charge in [-0.2, -0.15) is 0 Å². The Labute approximate surface area is 113 Å². The van der Waals surface area contributed by atoms with Gasteiger partial charge in [0.05, 0.1) is 5.56 Å². The van der Waals surface area contributed by atoms with E-state index in [4.69, 9.17) is 10.5 Å². The van der Waals surface area contributed by atoms with Crippen LogP contribution in [0.2, 0.25) is 0 Å². The summed E-state index contributed by atoms with van der Waals surface area (Å²) in [6.07, 6.45) is 1.90. The second-order valence-corrected chi connectivity index (χ2v) is 5.04. The molecule has 3 N–H and O–H groups in total. The molecule has 1 aromatic rings. The third kappa shape index (κ3) is 3.38. The molecule has 1 amide bonds. The second-order valence-electron chi connectivity index (χ2n) is 5.04.